The van der Waals surface area contributed by atoms with Crippen LogP contribution in [0.1, 0.15) is 37.7 Å². The molecule has 2 saturated carbocycles. The minimum Gasteiger partial charge on any atom is -0.353 e. The number of nitrogens with one attached hydrogen (secondary N) is 1. The average Bonchev–Trinajstić information content (AvgIpc) is 3.26. The van der Waals surface area contributed by atoms with E-state index in [4.69, 9.17) is 0 Å². The first-order chi connectivity index (χ1) is 11.6. The molecule has 1 aliphatic heterocycles. The molecule has 0 radical (unpaired) electrons. The van der Waals surface area contributed by atoms with Crippen LogP contribution in [0.3, 0.4) is 0 Å². The number of benzene rings is 1. The summed E-state index contributed by atoms with van der Waals surface area (Å²) >= 11 is 0. The molecule has 24 heavy (non-hydrogen) atoms. The maximum Gasteiger partial charge on any atom is 0.225 e. The zero-order chi connectivity index (χ0) is 16.7. The van der Waals surface area contributed by atoms with Crippen molar-refractivity contribution in [3.8, 4) is 0 Å². The largest absolute Gasteiger partial charge is 0.353 e. The maximum atomic E-state index is 13.8. The van der Waals surface area contributed by atoms with E-state index in [1.165, 1.54) is 25.3 Å². The van der Waals surface area contributed by atoms with E-state index in [9.17, 15) is 14.0 Å². The molecule has 2 aliphatic carbocycles. The third kappa shape index (κ3) is 2.92. The van der Waals surface area contributed by atoms with Crippen molar-refractivity contribution < 1.29 is 14.0 Å². The maximum absolute atomic E-state index is 13.8. The van der Waals surface area contributed by atoms with E-state index in [0.29, 0.717) is 24.1 Å². The first kappa shape index (κ1) is 15.6. The van der Waals surface area contributed by atoms with Crippen molar-refractivity contribution in [1.82, 2.24) is 10.2 Å². The molecule has 4 unspecified atom stereocenters. The second-order valence-corrected chi connectivity index (χ2v) is 7.56. The molecule has 4 atom stereocenters. The summed E-state index contributed by atoms with van der Waals surface area (Å²) in [6.45, 7) is 0.628. The van der Waals surface area contributed by atoms with Crippen molar-refractivity contribution in [2.45, 2.75) is 44.7 Å². The lowest BCUT2D eigenvalue weighted by Gasteiger charge is -2.24. The summed E-state index contributed by atoms with van der Waals surface area (Å²) in [7, 11) is 0. The molecule has 1 heterocycles. The monoisotopic (exact) mass is 330 g/mol. The molecule has 4 rings (SSSR count). The highest BCUT2D eigenvalue weighted by Crippen LogP contribution is 2.44. The molecule has 0 spiro atoms. The molecule has 1 aromatic rings. The Bertz CT molecular complexity index is 663. The number of hydrogen-bond donors (Lipinski definition) is 1. The summed E-state index contributed by atoms with van der Waals surface area (Å²) in [5, 5.41) is 3.18. The average molecular weight is 330 g/mol. The summed E-state index contributed by atoms with van der Waals surface area (Å²) in [5.74, 6) is 0.737. The Labute approximate surface area is 141 Å². The van der Waals surface area contributed by atoms with Gasteiger partial charge in [-0.2, -0.15) is 0 Å². The van der Waals surface area contributed by atoms with Crippen LogP contribution in [0.4, 0.5) is 4.39 Å². The molecule has 3 fully saturated rings. The highest BCUT2D eigenvalue weighted by atomic mass is 19.1. The van der Waals surface area contributed by atoms with Crippen LogP contribution in [0, 0.1) is 23.6 Å². The number of nitrogens with zero attached hydrogens (tertiary/aromatic N) is 1. The number of carbonyl (C=O) groups excluding carboxylic acids is 2. The normalized spacial score (nSPS) is 31.7. The predicted octanol–water partition coefficient (Wildman–Crippen LogP) is 2.48. The van der Waals surface area contributed by atoms with Gasteiger partial charge in [-0.1, -0.05) is 24.6 Å². The van der Waals surface area contributed by atoms with Crippen LogP contribution >= 0.6 is 0 Å². The molecule has 1 N–H and O–H groups in total. The number of amides is 2. The molecule has 2 amide bonds. The molecular weight excluding hydrogens is 307 g/mol. The van der Waals surface area contributed by atoms with Gasteiger partial charge in [-0.15, -0.1) is 0 Å². The van der Waals surface area contributed by atoms with Gasteiger partial charge in [0.1, 0.15) is 5.82 Å². The smallest absolute Gasteiger partial charge is 0.225 e. The molecule has 1 aromatic carbocycles. The van der Waals surface area contributed by atoms with Crippen LogP contribution in [-0.2, 0) is 16.1 Å². The number of fused-ring (bicyclic) bond motifs is 2. The fraction of sp³-hybridized carbons (Fsp3) is 0.579. The van der Waals surface area contributed by atoms with Gasteiger partial charge in [0.05, 0.1) is 5.92 Å². The lowest BCUT2D eigenvalue weighted by molar-refractivity contribution is -0.129. The lowest BCUT2D eigenvalue weighted by atomic mass is 9.94. The van der Waals surface area contributed by atoms with Crippen LogP contribution in [0.15, 0.2) is 24.3 Å². The second-order valence-electron chi connectivity index (χ2n) is 7.56. The van der Waals surface area contributed by atoms with Crippen molar-refractivity contribution in [3.05, 3.63) is 35.6 Å². The van der Waals surface area contributed by atoms with Crippen LogP contribution in [-0.4, -0.2) is 29.3 Å². The van der Waals surface area contributed by atoms with E-state index in [1.54, 1.807) is 23.1 Å². The second kappa shape index (κ2) is 6.19. The molecule has 2 bridgehead atoms. The molecular formula is C19H23FN2O2. The fourth-order valence-electron chi connectivity index (χ4n) is 4.65. The van der Waals surface area contributed by atoms with Crippen LogP contribution < -0.4 is 5.32 Å². The number of rotatable bonds is 4. The number of hydrogen-bond acceptors (Lipinski definition) is 2. The quantitative estimate of drug-likeness (QED) is 0.922. The molecule has 128 valence electrons. The zero-order valence-corrected chi connectivity index (χ0v) is 13.7. The van der Waals surface area contributed by atoms with Gasteiger partial charge in [0.2, 0.25) is 11.8 Å². The fourth-order valence-corrected chi connectivity index (χ4v) is 4.65. The number of halogens is 1. The molecule has 3 aliphatic rings. The van der Waals surface area contributed by atoms with Crippen molar-refractivity contribution >= 4 is 11.8 Å². The Morgan fingerprint density at radius 1 is 1.25 bits per heavy atom. The topological polar surface area (TPSA) is 49.4 Å². The van der Waals surface area contributed by atoms with Crippen molar-refractivity contribution in [2.24, 2.45) is 17.8 Å². The van der Waals surface area contributed by atoms with Gasteiger partial charge >= 0.3 is 0 Å². The van der Waals surface area contributed by atoms with E-state index in [0.717, 1.165) is 12.3 Å². The van der Waals surface area contributed by atoms with Gasteiger partial charge < -0.3 is 10.2 Å². The minimum atomic E-state index is -0.305. The van der Waals surface area contributed by atoms with E-state index >= 15 is 0 Å². The van der Waals surface area contributed by atoms with Crippen LogP contribution in [0.2, 0.25) is 0 Å². The summed E-state index contributed by atoms with van der Waals surface area (Å²) in [4.78, 5) is 26.3. The van der Waals surface area contributed by atoms with Gasteiger partial charge in [0.25, 0.3) is 0 Å². The van der Waals surface area contributed by atoms with Crippen LogP contribution in [0.5, 0.6) is 0 Å². The third-order valence-electron chi connectivity index (χ3n) is 5.97. The Morgan fingerprint density at radius 2 is 2.08 bits per heavy atom. The van der Waals surface area contributed by atoms with Gasteiger partial charge in [-0.05, 0) is 37.2 Å². The van der Waals surface area contributed by atoms with Gasteiger partial charge in [0.15, 0.2) is 0 Å². The van der Waals surface area contributed by atoms with E-state index < -0.39 is 0 Å². The van der Waals surface area contributed by atoms with Gasteiger partial charge in [-0.3, -0.25) is 9.59 Å². The number of carbonyl (C=O) groups is 2. The minimum absolute atomic E-state index is 0.00284. The van der Waals surface area contributed by atoms with E-state index in [1.807, 2.05) is 0 Å². The predicted molar refractivity (Wildman–Crippen MR) is 87.3 cm³/mol. The number of likely N-dealkylation sites (tertiary alicyclic amines) is 1. The molecule has 1 saturated heterocycles. The Balaban J connectivity index is 1.35. The molecule has 4 nitrogen and oxygen atoms in total. The van der Waals surface area contributed by atoms with Gasteiger partial charge in [0, 0.05) is 31.1 Å². The first-order valence-corrected chi connectivity index (χ1v) is 8.91. The standard InChI is InChI=1S/C19H23FN2O2/c20-16-4-2-1-3-14(16)10-22-11-15(9-18(22)23)19(24)21-17-8-12-5-6-13(17)7-12/h1-4,12-13,15,17H,5-11H2,(H,21,24). The van der Waals surface area contributed by atoms with Crippen molar-refractivity contribution in [2.75, 3.05) is 6.54 Å². The Morgan fingerprint density at radius 3 is 2.79 bits per heavy atom. The highest BCUT2D eigenvalue weighted by Gasteiger charge is 2.42. The van der Waals surface area contributed by atoms with Crippen molar-refractivity contribution in [3.63, 3.8) is 0 Å². The Kier molecular flexibility index (Phi) is 4.02. The molecule has 5 heteroatoms. The van der Waals surface area contributed by atoms with Gasteiger partial charge in [-0.25, -0.2) is 4.39 Å². The van der Waals surface area contributed by atoms with Crippen LogP contribution in [0.25, 0.3) is 0 Å². The van der Waals surface area contributed by atoms with E-state index in [-0.39, 0.29) is 36.5 Å². The first-order valence-electron chi connectivity index (χ1n) is 8.91. The summed E-state index contributed by atoms with van der Waals surface area (Å²) in [5.41, 5.74) is 0.500. The summed E-state index contributed by atoms with van der Waals surface area (Å²) < 4.78 is 13.8. The highest BCUT2D eigenvalue weighted by molar-refractivity contribution is 5.89. The summed E-state index contributed by atoms with van der Waals surface area (Å²) in [6.07, 6.45) is 5.10. The Hall–Kier alpha value is -1.91. The zero-order valence-electron chi connectivity index (χ0n) is 13.7. The van der Waals surface area contributed by atoms with E-state index in [2.05, 4.69) is 5.32 Å². The summed E-state index contributed by atoms with van der Waals surface area (Å²) in [6, 6.07) is 6.78. The van der Waals surface area contributed by atoms with Crippen molar-refractivity contribution in [1.29, 1.82) is 0 Å². The SMILES string of the molecule is O=C(NC1CC2CCC1C2)C1CC(=O)N(Cc2ccccc2F)C1. The lowest BCUT2D eigenvalue weighted by Crippen LogP contribution is -2.42. The molecule has 0 aromatic heterocycles. The third-order valence-corrected chi connectivity index (χ3v) is 5.97.